The Bertz CT molecular complexity index is 2520. The maximum Gasteiger partial charge on any atom is 0.0991 e. The summed E-state index contributed by atoms with van der Waals surface area (Å²) in [5, 5.41) is 35.3. The van der Waals surface area contributed by atoms with Crippen molar-refractivity contribution in [3.05, 3.63) is 166 Å². The molecule has 0 atom stereocenters. The van der Waals surface area contributed by atoms with E-state index < -0.39 is 0 Å². The Morgan fingerprint density at radius 3 is 0.679 bits per heavy atom. The highest BCUT2D eigenvalue weighted by atomic mass is 14.3. The van der Waals surface area contributed by atoms with Gasteiger partial charge in [-0.25, -0.2) is 0 Å². The fraction of sp³-hybridized carbons (Fsp3) is 0.575. The molecule has 5 aromatic carbocycles. The van der Waals surface area contributed by atoms with Crippen LogP contribution in [0.2, 0.25) is 0 Å². The van der Waals surface area contributed by atoms with Crippen LogP contribution >= 0.6 is 0 Å². The molecule has 0 unspecified atom stereocenters. The average molecular weight is 1130 g/mol. The largest absolute Gasteiger partial charge is 0.192 e. The van der Waals surface area contributed by atoms with Gasteiger partial charge in [0.25, 0.3) is 0 Å². The summed E-state index contributed by atoms with van der Waals surface area (Å²) in [7, 11) is 0. The molecular weight excluding hydrogens is 1020 g/mol. The molecule has 0 heterocycles. The van der Waals surface area contributed by atoms with Gasteiger partial charge < -0.3 is 0 Å². The molecule has 0 aliphatic heterocycles. The van der Waals surface area contributed by atoms with Gasteiger partial charge in [-0.1, -0.05) is 220 Å². The highest BCUT2D eigenvalue weighted by Crippen LogP contribution is 2.41. The SMILES string of the molecule is C.C.C.C.CCCC1CCC(c2ccc(C#N)cc2)CC1.CCCCCC1CCC(c2ccc(-c3ccc(C#N)cc3)cc2)CC1.CCCCCC1CCC(c2ccc(C#N)cc2)CC1.CCCCCC1CCC(c2ccc(C#N)cc2)CC1. The lowest BCUT2D eigenvalue weighted by atomic mass is 9.77. The minimum Gasteiger partial charge on any atom is -0.192 e. The molecule has 4 saturated carbocycles. The minimum atomic E-state index is 0. The van der Waals surface area contributed by atoms with Gasteiger partial charge in [0.1, 0.15) is 0 Å². The molecule has 4 aliphatic carbocycles. The first kappa shape index (κ1) is 74.2. The third-order valence-corrected chi connectivity index (χ3v) is 19.0. The maximum absolute atomic E-state index is 8.91. The molecule has 4 heteroatoms. The van der Waals surface area contributed by atoms with Crippen molar-refractivity contribution in [2.45, 2.75) is 274 Å². The fourth-order valence-electron chi connectivity index (χ4n) is 13.8. The number of hydrogen-bond acceptors (Lipinski definition) is 4. The van der Waals surface area contributed by atoms with Crippen molar-refractivity contribution >= 4 is 0 Å². The molecule has 4 nitrogen and oxygen atoms in total. The molecule has 0 radical (unpaired) electrons. The lowest BCUT2D eigenvalue weighted by Crippen LogP contribution is -2.13. The predicted octanol–water partition coefficient (Wildman–Crippen LogP) is 25.1. The Morgan fingerprint density at radius 1 is 0.262 bits per heavy atom. The van der Waals surface area contributed by atoms with Gasteiger partial charge in [0.15, 0.2) is 0 Å². The van der Waals surface area contributed by atoms with Crippen molar-refractivity contribution in [1.82, 2.24) is 0 Å². The summed E-state index contributed by atoms with van der Waals surface area (Å²) in [4.78, 5) is 0. The number of rotatable bonds is 19. The molecule has 0 amide bonds. The Labute approximate surface area is 516 Å². The second-order valence-corrected chi connectivity index (χ2v) is 24.7. The highest BCUT2D eigenvalue weighted by molar-refractivity contribution is 5.64. The van der Waals surface area contributed by atoms with Crippen LogP contribution in [-0.2, 0) is 0 Å². The van der Waals surface area contributed by atoms with Crippen LogP contribution in [0.1, 0.15) is 318 Å². The first-order valence-electron chi connectivity index (χ1n) is 32.4. The zero-order chi connectivity index (χ0) is 56.6. The van der Waals surface area contributed by atoms with Gasteiger partial charge in [-0.2, -0.15) is 21.0 Å². The summed E-state index contributed by atoms with van der Waals surface area (Å²) in [6.45, 7) is 9.13. The number of nitriles is 4. The van der Waals surface area contributed by atoms with Crippen LogP contribution in [0, 0.1) is 69.0 Å². The Hall–Kier alpha value is -5.94. The molecular formula is C80H116N4. The van der Waals surface area contributed by atoms with Gasteiger partial charge in [-0.05, 0) is 232 Å². The standard InChI is InChI=1S/C24H29N.2C18H25N.C16H21N.4CH4/c1-2-3-4-5-19-6-10-21(11-7-19)23-14-16-24(17-15-23)22-12-8-20(18-25)9-13-22;2*1-2-3-4-5-15-6-10-17(11-7-15)18-12-8-16(14-19)9-13-18;1-2-3-13-4-8-15(9-5-13)16-10-6-14(12-17)7-11-16;;;;/h8-9,12-17,19,21H,2-7,10-11H2,1H3;2*8-9,12-13,15,17H,2-7,10-11H2,1H3;6-7,10-11,13,15H,2-5,8-9H2,1H3;4*1H4. The van der Waals surface area contributed by atoms with Crippen molar-refractivity contribution in [1.29, 1.82) is 21.0 Å². The molecule has 0 saturated heterocycles. The van der Waals surface area contributed by atoms with Crippen molar-refractivity contribution in [2.75, 3.05) is 0 Å². The summed E-state index contributed by atoms with van der Waals surface area (Å²) in [5.41, 5.74) is 11.3. The van der Waals surface area contributed by atoms with Gasteiger partial charge in [0, 0.05) is 0 Å². The molecule has 0 bridgehead atoms. The van der Waals surface area contributed by atoms with E-state index in [0.29, 0.717) is 0 Å². The van der Waals surface area contributed by atoms with Crippen LogP contribution in [0.25, 0.3) is 11.1 Å². The second kappa shape index (κ2) is 42.8. The molecule has 0 N–H and O–H groups in total. The zero-order valence-corrected chi connectivity index (χ0v) is 50.2. The van der Waals surface area contributed by atoms with E-state index in [-0.39, 0.29) is 29.7 Å². The summed E-state index contributed by atoms with van der Waals surface area (Å²) in [6.07, 6.45) is 41.4. The Morgan fingerprint density at radius 2 is 0.464 bits per heavy atom. The molecule has 9 rings (SSSR count). The van der Waals surface area contributed by atoms with Crippen molar-refractivity contribution in [2.24, 2.45) is 23.7 Å². The van der Waals surface area contributed by atoms with Crippen LogP contribution in [0.3, 0.4) is 0 Å². The van der Waals surface area contributed by atoms with Crippen LogP contribution in [0.15, 0.2) is 121 Å². The quantitative estimate of drug-likeness (QED) is 0.0770. The first-order chi connectivity index (χ1) is 39.3. The van der Waals surface area contributed by atoms with E-state index in [0.717, 1.165) is 69.6 Å². The molecule has 0 spiro atoms. The van der Waals surface area contributed by atoms with Gasteiger partial charge in [-0.3, -0.25) is 0 Å². The third-order valence-electron chi connectivity index (χ3n) is 19.0. The van der Waals surface area contributed by atoms with Crippen molar-refractivity contribution in [3.8, 4) is 35.4 Å². The lowest BCUT2D eigenvalue weighted by molar-refractivity contribution is 0.303. The topological polar surface area (TPSA) is 95.2 Å². The monoisotopic (exact) mass is 1130 g/mol. The fourth-order valence-corrected chi connectivity index (χ4v) is 13.8. The van der Waals surface area contributed by atoms with E-state index in [1.54, 1.807) is 0 Å². The van der Waals surface area contributed by atoms with E-state index >= 15 is 0 Å². The van der Waals surface area contributed by atoms with E-state index in [4.69, 9.17) is 21.0 Å². The summed E-state index contributed by atoms with van der Waals surface area (Å²) in [5.74, 6) is 6.83. The van der Waals surface area contributed by atoms with Gasteiger partial charge >= 0.3 is 0 Å². The lowest BCUT2D eigenvalue weighted by Gasteiger charge is -2.29. The van der Waals surface area contributed by atoms with Crippen LogP contribution in [-0.4, -0.2) is 0 Å². The number of nitrogens with zero attached hydrogens (tertiary/aromatic N) is 4. The Kier molecular flexibility index (Phi) is 37.8. The van der Waals surface area contributed by atoms with Gasteiger partial charge in [-0.15, -0.1) is 0 Å². The number of unbranched alkanes of at least 4 members (excludes halogenated alkanes) is 6. The first-order valence-corrected chi connectivity index (χ1v) is 32.4. The van der Waals surface area contributed by atoms with E-state index in [9.17, 15) is 0 Å². The Balaban J connectivity index is 0.000000380. The normalized spacial score (nSPS) is 21.3. The number of hydrogen-bond donors (Lipinski definition) is 0. The summed E-state index contributed by atoms with van der Waals surface area (Å²) in [6, 6.07) is 50.4. The minimum absolute atomic E-state index is 0. The third kappa shape index (κ3) is 25.3. The summed E-state index contributed by atoms with van der Waals surface area (Å²) >= 11 is 0. The molecule has 5 aromatic rings. The van der Waals surface area contributed by atoms with E-state index in [1.807, 2.05) is 60.7 Å². The van der Waals surface area contributed by atoms with Crippen LogP contribution in [0.5, 0.6) is 0 Å². The van der Waals surface area contributed by atoms with Crippen LogP contribution in [0.4, 0.5) is 0 Å². The predicted molar refractivity (Wildman–Crippen MR) is 363 cm³/mol. The maximum atomic E-state index is 8.91. The molecule has 0 aromatic heterocycles. The molecule has 456 valence electrons. The highest BCUT2D eigenvalue weighted by Gasteiger charge is 2.25. The molecule has 4 fully saturated rings. The van der Waals surface area contributed by atoms with Crippen LogP contribution < -0.4 is 0 Å². The smallest absolute Gasteiger partial charge is 0.0991 e. The molecule has 84 heavy (non-hydrogen) atoms. The summed E-state index contributed by atoms with van der Waals surface area (Å²) < 4.78 is 0. The zero-order valence-electron chi connectivity index (χ0n) is 50.2. The number of benzene rings is 5. The second-order valence-electron chi connectivity index (χ2n) is 24.7. The van der Waals surface area contributed by atoms with Gasteiger partial charge in [0.05, 0.1) is 46.5 Å². The van der Waals surface area contributed by atoms with Crippen molar-refractivity contribution < 1.29 is 0 Å². The van der Waals surface area contributed by atoms with Crippen molar-refractivity contribution in [3.63, 3.8) is 0 Å². The molecule has 4 aliphatic rings. The average Bonchev–Trinajstić information content (AvgIpc) is 3.67. The van der Waals surface area contributed by atoms with E-state index in [2.05, 4.69) is 113 Å². The van der Waals surface area contributed by atoms with Gasteiger partial charge in [0.2, 0.25) is 0 Å². The van der Waals surface area contributed by atoms with E-state index in [1.165, 1.54) is 226 Å².